The highest BCUT2D eigenvalue weighted by molar-refractivity contribution is 5.66. The van der Waals surface area contributed by atoms with Crippen LogP contribution in [0.4, 0.5) is 15.9 Å². The molecule has 0 aliphatic rings. The van der Waals surface area contributed by atoms with Crippen molar-refractivity contribution in [3.8, 4) is 5.88 Å². The van der Waals surface area contributed by atoms with E-state index in [0.29, 0.717) is 30.5 Å². The van der Waals surface area contributed by atoms with Crippen LogP contribution in [0.15, 0.2) is 30.6 Å². The lowest BCUT2D eigenvalue weighted by molar-refractivity contribution is 0.328. The van der Waals surface area contributed by atoms with Crippen LogP contribution < -0.4 is 15.8 Å². The maximum absolute atomic E-state index is 12.8. The first-order chi connectivity index (χ1) is 9.70. The van der Waals surface area contributed by atoms with E-state index in [9.17, 15) is 4.39 Å². The zero-order valence-corrected chi connectivity index (χ0v) is 11.3. The van der Waals surface area contributed by atoms with Crippen LogP contribution in [-0.4, -0.2) is 23.1 Å². The maximum atomic E-state index is 12.8. The molecule has 0 aliphatic carbocycles. The number of nitrogens with two attached hydrogens (primary N) is 1. The molecule has 0 radical (unpaired) electrons. The highest BCUT2D eigenvalue weighted by atomic mass is 19.1. The standard InChI is InChI=1S/C14H17FN4O/c1-2-20-14-12(16)13(18-9-19-14)17-8-7-10-3-5-11(15)6-4-10/h3-6,9H,2,7-8,16H2,1H3,(H,17,18,19). The van der Waals surface area contributed by atoms with Gasteiger partial charge in [-0.1, -0.05) is 12.1 Å². The van der Waals surface area contributed by atoms with Crippen molar-refractivity contribution in [2.75, 3.05) is 24.2 Å². The number of nitrogens with one attached hydrogen (secondary N) is 1. The highest BCUT2D eigenvalue weighted by Crippen LogP contribution is 2.24. The van der Waals surface area contributed by atoms with Gasteiger partial charge in [0, 0.05) is 6.54 Å². The zero-order valence-electron chi connectivity index (χ0n) is 11.3. The molecule has 0 aliphatic heterocycles. The van der Waals surface area contributed by atoms with E-state index >= 15 is 0 Å². The van der Waals surface area contributed by atoms with Crippen LogP contribution >= 0.6 is 0 Å². The van der Waals surface area contributed by atoms with E-state index in [2.05, 4.69) is 15.3 Å². The van der Waals surface area contributed by atoms with E-state index < -0.39 is 0 Å². The van der Waals surface area contributed by atoms with Crippen molar-refractivity contribution >= 4 is 11.5 Å². The monoisotopic (exact) mass is 276 g/mol. The molecular weight excluding hydrogens is 259 g/mol. The second-order valence-corrected chi connectivity index (χ2v) is 4.18. The number of nitrogens with zero attached hydrogens (tertiary/aromatic N) is 2. The number of ether oxygens (including phenoxy) is 1. The van der Waals surface area contributed by atoms with E-state index in [-0.39, 0.29) is 5.82 Å². The number of halogens is 1. The van der Waals surface area contributed by atoms with Crippen molar-refractivity contribution in [1.29, 1.82) is 0 Å². The Hall–Kier alpha value is -2.37. The van der Waals surface area contributed by atoms with Crippen LogP contribution in [0.2, 0.25) is 0 Å². The second-order valence-electron chi connectivity index (χ2n) is 4.18. The van der Waals surface area contributed by atoms with Crippen LogP contribution in [0.5, 0.6) is 5.88 Å². The molecule has 0 amide bonds. The van der Waals surface area contributed by atoms with E-state index in [0.717, 1.165) is 12.0 Å². The van der Waals surface area contributed by atoms with Gasteiger partial charge in [0.25, 0.3) is 0 Å². The van der Waals surface area contributed by atoms with Gasteiger partial charge in [-0.2, -0.15) is 4.98 Å². The van der Waals surface area contributed by atoms with E-state index in [1.54, 1.807) is 12.1 Å². The molecule has 106 valence electrons. The Morgan fingerprint density at radius 1 is 1.25 bits per heavy atom. The zero-order chi connectivity index (χ0) is 14.4. The summed E-state index contributed by atoms with van der Waals surface area (Å²) in [4.78, 5) is 8.04. The summed E-state index contributed by atoms with van der Waals surface area (Å²) in [6, 6.07) is 6.40. The summed E-state index contributed by atoms with van der Waals surface area (Å²) in [5.41, 5.74) is 7.34. The summed E-state index contributed by atoms with van der Waals surface area (Å²) >= 11 is 0. The third-order valence-corrected chi connectivity index (χ3v) is 2.75. The van der Waals surface area contributed by atoms with E-state index in [1.807, 2.05) is 6.92 Å². The maximum Gasteiger partial charge on any atom is 0.242 e. The van der Waals surface area contributed by atoms with Gasteiger partial charge >= 0.3 is 0 Å². The number of anilines is 2. The average Bonchev–Trinajstić information content (AvgIpc) is 2.45. The molecule has 0 bridgehead atoms. The topological polar surface area (TPSA) is 73.1 Å². The summed E-state index contributed by atoms with van der Waals surface area (Å²) in [5.74, 6) is 0.695. The van der Waals surface area contributed by atoms with Crippen molar-refractivity contribution in [2.45, 2.75) is 13.3 Å². The largest absolute Gasteiger partial charge is 0.476 e. The molecule has 20 heavy (non-hydrogen) atoms. The molecule has 3 N–H and O–H groups in total. The first-order valence-corrected chi connectivity index (χ1v) is 6.42. The third kappa shape index (κ3) is 3.57. The fourth-order valence-corrected chi connectivity index (χ4v) is 1.75. The third-order valence-electron chi connectivity index (χ3n) is 2.75. The lowest BCUT2D eigenvalue weighted by Gasteiger charge is -2.11. The molecule has 0 atom stereocenters. The predicted octanol–water partition coefficient (Wildman–Crippen LogP) is 2.25. The van der Waals surface area contributed by atoms with Gasteiger partial charge in [0.2, 0.25) is 5.88 Å². The Kier molecular flexibility index (Phi) is 4.70. The Labute approximate surface area is 117 Å². The molecular formula is C14H17FN4O. The summed E-state index contributed by atoms with van der Waals surface area (Å²) in [6.07, 6.45) is 2.15. The van der Waals surface area contributed by atoms with Crippen molar-refractivity contribution in [3.63, 3.8) is 0 Å². The molecule has 5 nitrogen and oxygen atoms in total. The highest BCUT2D eigenvalue weighted by Gasteiger charge is 2.08. The van der Waals surface area contributed by atoms with Crippen LogP contribution in [-0.2, 0) is 6.42 Å². The van der Waals surface area contributed by atoms with E-state index in [4.69, 9.17) is 10.5 Å². The van der Waals surface area contributed by atoms with Gasteiger partial charge in [0.1, 0.15) is 17.8 Å². The minimum atomic E-state index is -0.233. The Morgan fingerprint density at radius 2 is 2.00 bits per heavy atom. The van der Waals surface area contributed by atoms with Gasteiger partial charge < -0.3 is 15.8 Å². The molecule has 0 unspecified atom stereocenters. The Morgan fingerprint density at radius 3 is 2.70 bits per heavy atom. The average molecular weight is 276 g/mol. The van der Waals surface area contributed by atoms with Crippen LogP contribution in [0.25, 0.3) is 0 Å². The van der Waals surface area contributed by atoms with Crippen molar-refractivity contribution < 1.29 is 9.13 Å². The SMILES string of the molecule is CCOc1ncnc(NCCc2ccc(F)cc2)c1N. The quantitative estimate of drug-likeness (QED) is 0.846. The van der Waals surface area contributed by atoms with Gasteiger partial charge in [-0.25, -0.2) is 9.37 Å². The fraction of sp³-hybridized carbons (Fsp3) is 0.286. The lowest BCUT2D eigenvalue weighted by Crippen LogP contribution is -2.10. The van der Waals surface area contributed by atoms with Crippen LogP contribution in [0.1, 0.15) is 12.5 Å². The predicted molar refractivity (Wildman–Crippen MR) is 76.2 cm³/mol. The number of benzene rings is 1. The first kappa shape index (κ1) is 14.0. The summed E-state index contributed by atoms with van der Waals surface area (Å²) in [7, 11) is 0. The van der Waals surface area contributed by atoms with Crippen molar-refractivity contribution in [1.82, 2.24) is 9.97 Å². The smallest absolute Gasteiger partial charge is 0.242 e. The van der Waals surface area contributed by atoms with Crippen molar-refractivity contribution in [2.24, 2.45) is 0 Å². The molecule has 0 spiro atoms. The number of rotatable bonds is 6. The van der Waals surface area contributed by atoms with Crippen LogP contribution in [0, 0.1) is 5.82 Å². The molecule has 0 saturated carbocycles. The molecule has 0 fully saturated rings. The number of nitrogen functional groups attached to an aromatic ring is 1. The second kappa shape index (κ2) is 6.70. The minimum Gasteiger partial charge on any atom is -0.476 e. The van der Waals surface area contributed by atoms with Crippen LogP contribution in [0.3, 0.4) is 0 Å². The lowest BCUT2D eigenvalue weighted by atomic mass is 10.1. The fourth-order valence-electron chi connectivity index (χ4n) is 1.75. The number of hydrogen-bond acceptors (Lipinski definition) is 5. The van der Waals surface area contributed by atoms with Gasteiger partial charge in [-0.15, -0.1) is 0 Å². The van der Waals surface area contributed by atoms with Gasteiger partial charge in [0.15, 0.2) is 5.82 Å². The molecule has 1 heterocycles. The number of aromatic nitrogens is 2. The normalized spacial score (nSPS) is 10.3. The number of hydrogen-bond donors (Lipinski definition) is 2. The first-order valence-electron chi connectivity index (χ1n) is 6.42. The molecule has 6 heteroatoms. The molecule has 1 aromatic carbocycles. The molecule has 0 saturated heterocycles. The van der Waals surface area contributed by atoms with Crippen molar-refractivity contribution in [3.05, 3.63) is 42.0 Å². The summed E-state index contributed by atoms with van der Waals surface area (Å²) in [5, 5.41) is 3.12. The summed E-state index contributed by atoms with van der Waals surface area (Å²) in [6.45, 7) is 3.00. The molecule has 2 aromatic rings. The van der Waals surface area contributed by atoms with Gasteiger partial charge in [-0.3, -0.25) is 0 Å². The minimum absolute atomic E-state index is 0.233. The summed E-state index contributed by atoms with van der Waals surface area (Å²) < 4.78 is 18.1. The van der Waals surface area contributed by atoms with Gasteiger partial charge in [-0.05, 0) is 31.0 Å². The van der Waals surface area contributed by atoms with E-state index in [1.165, 1.54) is 18.5 Å². The van der Waals surface area contributed by atoms with Gasteiger partial charge in [0.05, 0.1) is 6.61 Å². The molecule has 1 aromatic heterocycles. The Balaban J connectivity index is 1.94. The molecule has 2 rings (SSSR count). The Bertz CT molecular complexity index is 560.